The predicted octanol–water partition coefficient (Wildman–Crippen LogP) is 2.62. The van der Waals surface area contributed by atoms with E-state index in [9.17, 15) is 9.90 Å². The van der Waals surface area contributed by atoms with Crippen LogP contribution in [0.25, 0.3) is 0 Å². The summed E-state index contributed by atoms with van der Waals surface area (Å²) in [6.07, 6.45) is 5.36. The van der Waals surface area contributed by atoms with Crippen molar-refractivity contribution in [3.05, 3.63) is 0 Å². The average molecular weight is 255 g/mol. The Labute approximate surface area is 112 Å². The van der Waals surface area contributed by atoms with Crippen LogP contribution in [-0.2, 0) is 4.79 Å². The number of Topliss-reactive ketones (excluding diaryl/α,β-unsaturated/α-hetero) is 1. The van der Waals surface area contributed by atoms with E-state index in [1.807, 2.05) is 6.92 Å². The van der Waals surface area contributed by atoms with E-state index < -0.39 is 5.60 Å². The Morgan fingerprint density at radius 2 is 2.06 bits per heavy atom. The smallest absolute Gasteiger partial charge is 0.131 e. The maximum Gasteiger partial charge on any atom is 0.131 e. The molecule has 0 aromatic rings. The molecular weight excluding hydrogens is 226 g/mol. The zero-order chi connectivity index (χ0) is 13.8. The molecule has 1 fully saturated rings. The largest absolute Gasteiger partial charge is 0.389 e. The first-order valence-electron chi connectivity index (χ1n) is 7.29. The number of β-amino-alcohol motifs (C(OH)–C–C–N with tert-alkyl or cyclic N) is 1. The molecule has 1 rings (SSSR count). The van der Waals surface area contributed by atoms with E-state index in [1.54, 1.807) is 6.92 Å². The van der Waals surface area contributed by atoms with Gasteiger partial charge in [0.05, 0.1) is 5.60 Å². The third-order valence-corrected chi connectivity index (χ3v) is 4.29. The summed E-state index contributed by atoms with van der Waals surface area (Å²) in [6, 6.07) is 0.329. The Bertz CT molecular complexity index is 274. The van der Waals surface area contributed by atoms with Gasteiger partial charge >= 0.3 is 0 Å². The highest BCUT2D eigenvalue weighted by atomic mass is 16.3. The first kappa shape index (κ1) is 15.6. The summed E-state index contributed by atoms with van der Waals surface area (Å²) < 4.78 is 0. The number of hydrogen-bond acceptors (Lipinski definition) is 3. The Kier molecular flexibility index (Phi) is 5.80. The molecule has 0 bridgehead atoms. The lowest BCUT2D eigenvalue weighted by Crippen LogP contribution is -2.48. The number of aliphatic hydroxyl groups is 1. The first-order valence-corrected chi connectivity index (χ1v) is 7.29. The molecule has 1 heterocycles. The summed E-state index contributed by atoms with van der Waals surface area (Å²) in [5, 5.41) is 10.5. The maximum absolute atomic E-state index is 11.4. The van der Waals surface area contributed by atoms with Crippen molar-refractivity contribution in [1.82, 2.24) is 4.90 Å². The minimum atomic E-state index is -0.667. The molecule has 0 saturated carbocycles. The fraction of sp³-hybridized carbons (Fsp3) is 0.933. The molecule has 1 N–H and O–H groups in total. The summed E-state index contributed by atoms with van der Waals surface area (Å²) in [7, 11) is 0. The molecule has 0 radical (unpaired) electrons. The number of rotatable bonds is 5. The monoisotopic (exact) mass is 255 g/mol. The Morgan fingerprint density at radius 3 is 2.61 bits per heavy atom. The number of nitrogens with zero attached hydrogens (tertiary/aromatic N) is 1. The van der Waals surface area contributed by atoms with Crippen LogP contribution in [0.2, 0.25) is 0 Å². The van der Waals surface area contributed by atoms with Gasteiger partial charge in [-0.2, -0.15) is 0 Å². The zero-order valence-electron chi connectivity index (χ0n) is 12.4. The maximum atomic E-state index is 11.4. The molecule has 3 nitrogen and oxygen atoms in total. The highest BCUT2D eigenvalue weighted by Gasteiger charge is 2.31. The first-order chi connectivity index (χ1) is 8.33. The van der Waals surface area contributed by atoms with Crippen LogP contribution >= 0.6 is 0 Å². The van der Waals surface area contributed by atoms with Crippen LogP contribution in [0.1, 0.15) is 59.8 Å². The van der Waals surface area contributed by atoms with Crippen molar-refractivity contribution in [2.24, 2.45) is 5.92 Å². The van der Waals surface area contributed by atoms with E-state index in [2.05, 4.69) is 18.7 Å². The number of hydrogen-bond donors (Lipinski definition) is 1. The predicted molar refractivity (Wildman–Crippen MR) is 74.6 cm³/mol. The molecule has 3 heteroatoms. The van der Waals surface area contributed by atoms with Gasteiger partial charge < -0.3 is 5.11 Å². The molecule has 2 unspecified atom stereocenters. The van der Waals surface area contributed by atoms with Crippen LogP contribution in [0.4, 0.5) is 0 Å². The van der Waals surface area contributed by atoms with Gasteiger partial charge in [0.25, 0.3) is 0 Å². The topological polar surface area (TPSA) is 40.5 Å². The SMILES string of the molecule is CC(=O)CC1CCCCCN1CC(C)(O)C(C)C. The minimum Gasteiger partial charge on any atom is -0.389 e. The van der Waals surface area contributed by atoms with Crippen LogP contribution in [0.3, 0.4) is 0 Å². The van der Waals surface area contributed by atoms with Gasteiger partial charge in [-0.05, 0) is 39.2 Å². The Hall–Kier alpha value is -0.410. The highest BCUT2D eigenvalue weighted by molar-refractivity contribution is 5.76. The fourth-order valence-corrected chi connectivity index (χ4v) is 2.60. The summed E-state index contributed by atoms with van der Waals surface area (Å²) >= 11 is 0. The lowest BCUT2D eigenvalue weighted by molar-refractivity contribution is -0.118. The van der Waals surface area contributed by atoms with Crippen LogP contribution < -0.4 is 0 Å². The number of likely N-dealkylation sites (tertiary alicyclic amines) is 1. The summed E-state index contributed by atoms with van der Waals surface area (Å²) in [5.74, 6) is 0.495. The minimum absolute atomic E-state index is 0.235. The fourth-order valence-electron chi connectivity index (χ4n) is 2.60. The number of ketones is 1. The summed E-state index contributed by atoms with van der Waals surface area (Å²) in [4.78, 5) is 13.7. The molecule has 0 spiro atoms. The molecular formula is C15H29NO2. The molecule has 18 heavy (non-hydrogen) atoms. The van der Waals surface area contributed by atoms with Crippen molar-refractivity contribution in [1.29, 1.82) is 0 Å². The molecule has 0 aromatic carbocycles. The van der Waals surface area contributed by atoms with Crippen molar-refractivity contribution >= 4 is 5.78 Å². The molecule has 1 saturated heterocycles. The number of carbonyl (C=O) groups is 1. The molecule has 0 aromatic heterocycles. The van der Waals surface area contributed by atoms with Crippen molar-refractivity contribution in [2.75, 3.05) is 13.1 Å². The van der Waals surface area contributed by atoms with Gasteiger partial charge in [0.1, 0.15) is 5.78 Å². The van der Waals surface area contributed by atoms with Gasteiger partial charge in [0.2, 0.25) is 0 Å². The molecule has 1 aliphatic rings. The summed E-state index contributed by atoms with van der Waals surface area (Å²) in [6.45, 7) is 9.38. The molecule has 1 aliphatic heterocycles. The second-order valence-electron chi connectivity index (χ2n) is 6.39. The van der Waals surface area contributed by atoms with Gasteiger partial charge in [-0.15, -0.1) is 0 Å². The average Bonchev–Trinajstić information content (AvgIpc) is 2.43. The van der Waals surface area contributed by atoms with Gasteiger partial charge in [-0.3, -0.25) is 9.69 Å². The quantitative estimate of drug-likeness (QED) is 0.821. The Balaban J connectivity index is 2.70. The van der Waals surface area contributed by atoms with E-state index >= 15 is 0 Å². The molecule has 2 atom stereocenters. The van der Waals surface area contributed by atoms with Crippen molar-refractivity contribution in [3.63, 3.8) is 0 Å². The van der Waals surface area contributed by atoms with Crippen LogP contribution in [0, 0.1) is 5.92 Å². The highest BCUT2D eigenvalue weighted by Crippen LogP contribution is 2.24. The van der Waals surface area contributed by atoms with E-state index in [-0.39, 0.29) is 11.7 Å². The zero-order valence-corrected chi connectivity index (χ0v) is 12.4. The second-order valence-corrected chi connectivity index (χ2v) is 6.39. The molecule has 0 amide bonds. The number of carbonyl (C=O) groups excluding carboxylic acids is 1. The van der Waals surface area contributed by atoms with Crippen LogP contribution in [0.5, 0.6) is 0 Å². The third kappa shape index (κ3) is 4.69. The lowest BCUT2D eigenvalue weighted by atomic mass is 9.91. The van der Waals surface area contributed by atoms with Gasteiger partial charge in [0.15, 0.2) is 0 Å². The van der Waals surface area contributed by atoms with Crippen molar-refractivity contribution in [3.8, 4) is 0 Å². The molecule has 0 aliphatic carbocycles. The Morgan fingerprint density at radius 1 is 1.39 bits per heavy atom. The van der Waals surface area contributed by atoms with Gasteiger partial charge in [0, 0.05) is 19.0 Å². The molecule has 106 valence electrons. The van der Waals surface area contributed by atoms with E-state index in [0.29, 0.717) is 19.0 Å². The second kappa shape index (κ2) is 6.67. The summed E-state index contributed by atoms with van der Waals surface area (Å²) in [5.41, 5.74) is -0.667. The van der Waals surface area contributed by atoms with E-state index in [4.69, 9.17) is 0 Å². The van der Waals surface area contributed by atoms with Crippen LogP contribution in [0.15, 0.2) is 0 Å². The van der Waals surface area contributed by atoms with Crippen molar-refractivity contribution in [2.45, 2.75) is 71.4 Å². The van der Waals surface area contributed by atoms with E-state index in [0.717, 1.165) is 13.0 Å². The van der Waals surface area contributed by atoms with Gasteiger partial charge in [-0.1, -0.05) is 26.7 Å². The van der Waals surface area contributed by atoms with Gasteiger partial charge in [-0.25, -0.2) is 0 Å². The third-order valence-electron chi connectivity index (χ3n) is 4.29. The van der Waals surface area contributed by atoms with Crippen molar-refractivity contribution < 1.29 is 9.90 Å². The normalized spacial score (nSPS) is 25.8. The lowest BCUT2D eigenvalue weighted by Gasteiger charge is -2.37. The standard InChI is InChI=1S/C15H29NO2/c1-12(2)15(4,18)11-16-9-7-5-6-8-14(16)10-13(3)17/h12,14,18H,5-11H2,1-4H3. The van der Waals surface area contributed by atoms with E-state index in [1.165, 1.54) is 19.3 Å². The van der Waals surface area contributed by atoms with Crippen LogP contribution in [-0.4, -0.2) is 40.5 Å².